The molecule has 0 spiro atoms. The number of fused-ring (bicyclic) bond motifs is 1. The summed E-state index contributed by atoms with van der Waals surface area (Å²) < 4.78 is 22.1. The van der Waals surface area contributed by atoms with Crippen LogP contribution in [0.2, 0.25) is 0 Å². The molecule has 3 aromatic rings. The van der Waals surface area contributed by atoms with Crippen LogP contribution >= 0.6 is 0 Å². The minimum absolute atomic E-state index is 0.0546. The number of nitrogens with zero attached hydrogens (tertiary/aromatic N) is 2. The van der Waals surface area contributed by atoms with E-state index in [4.69, 9.17) is 4.74 Å². The van der Waals surface area contributed by atoms with Gasteiger partial charge in [-0.1, -0.05) is 0 Å². The van der Waals surface area contributed by atoms with Gasteiger partial charge in [-0.15, -0.1) is 0 Å². The lowest BCUT2D eigenvalue weighted by Gasteiger charge is -2.20. The maximum absolute atomic E-state index is 12.5. The summed E-state index contributed by atoms with van der Waals surface area (Å²) >= 11 is 0. The summed E-state index contributed by atoms with van der Waals surface area (Å²) in [5.74, 6) is 2.16. The van der Waals surface area contributed by atoms with Crippen LogP contribution in [0.5, 0.6) is 5.75 Å². The molecule has 1 aliphatic carbocycles. The fraction of sp³-hybridized carbons (Fsp3) is 0.381. The Bertz CT molecular complexity index is 1130. The van der Waals surface area contributed by atoms with Crippen molar-refractivity contribution in [1.82, 2.24) is 9.55 Å². The zero-order valence-corrected chi connectivity index (χ0v) is 16.6. The zero-order valence-electron chi connectivity index (χ0n) is 15.8. The smallest absolute Gasteiger partial charge is 0.274 e. The molecule has 2 fully saturated rings. The Morgan fingerprint density at radius 1 is 1.25 bits per heavy atom. The highest BCUT2D eigenvalue weighted by molar-refractivity contribution is 7.86. The highest BCUT2D eigenvalue weighted by Gasteiger charge is 2.25. The predicted molar refractivity (Wildman–Crippen MR) is 112 cm³/mol. The lowest BCUT2D eigenvalue weighted by atomic mass is 10.0. The Morgan fingerprint density at radius 3 is 2.86 bits per heavy atom. The van der Waals surface area contributed by atoms with E-state index in [1.54, 1.807) is 17.8 Å². The highest BCUT2D eigenvalue weighted by Crippen LogP contribution is 2.39. The molecule has 1 saturated carbocycles. The molecule has 6 nitrogen and oxygen atoms in total. The zero-order chi connectivity index (χ0) is 19.3. The first-order chi connectivity index (χ1) is 13.6. The molecule has 1 unspecified atom stereocenters. The molecule has 0 bridgehead atoms. The van der Waals surface area contributed by atoms with Crippen molar-refractivity contribution in [3.63, 3.8) is 0 Å². The lowest BCUT2D eigenvalue weighted by molar-refractivity contribution is 0.301. The van der Waals surface area contributed by atoms with Gasteiger partial charge in [0.1, 0.15) is 22.3 Å². The average Bonchev–Trinajstić information content (AvgIpc) is 3.21. The van der Waals surface area contributed by atoms with Crippen LogP contribution in [-0.2, 0) is 18.0 Å². The molecular formula is C21H23N3O3S. The lowest BCUT2D eigenvalue weighted by Crippen LogP contribution is -2.19. The number of anilines is 1. The van der Waals surface area contributed by atoms with Crippen LogP contribution in [0, 0.1) is 5.92 Å². The molecule has 1 aromatic carbocycles. The van der Waals surface area contributed by atoms with Crippen molar-refractivity contribution >= 4 is 27.6 Å². The number of H-pyrrole nitrogens is 1. The summed E-state index contributed by atoms with van der Waals surface area (Å²) in [6, 6.07) is 7.95. The Labute approximate surface area is 165 Å². The number of benzene rings is 1. The quantitative estimate of drug-likeness (QED) is 0.719. The summed E-state index contributed by atoms with van der Waals surface area (Å²) in [7, 11) is 0.780. The van der Waals surface area contributed by atoms with Crippen molar-refractivity contribution in [2.75, 3.05) is 23.2 Å². The molecule has 7 heteroatoms. The van der Waals surface area contributed by atoms with Crippen molar-refractivity contribution in [2.45, 2.75) is 19.3 Å². The van der Waals surface area contributed by atoms with E-state index in [0.717, 1.165) is 40.9 Å². The predicted octanol–water partition coefficient (Wildman–Crippen LogP) is 3.20. The minimum Gasteiger partial charge on any atom is -0.493 e. The van der Waals surface area contributed by atoms with E-state index in [0.29, 0.717) is 23.8 Å². The van der Waals surface area contributed by atoms with E-state index in [1.807, 2.05) is 28.7 Å². The van der Waals surface area contributed by atoms with E-state index < -0.39 is 11.0 Å². The van der Waals surface area contributed by atoms with Crippen LogP contribution in [-0.4, -0.2) is 32.7 Å². The normalized spacial score (nSPS) is 19.5. The number of ether oxygens (including phenoxy) is 1. The molecule has 1 N–H and O–H groups in total. The molecule has 3 heterocycles. The number of pyridine rings is 1. The standard InChI is InChI=1S/C21H23N3O3S/c1-23-12-18(16-7-8-22-20(16)21(23)25)17-11-15(24-9-2-10-28(24)26)5-6-19(17)27-13-14-3-4-14/h5-8,11-12,14,22H,2-4,9-10,13H2,1H3. The van der Waals surface area contributed by atoms with Gasteiger partial charge in [-0.25, -0.2) is 4.21 Å². The van der Waals surface area contributed by atoms with Crippen LogP contribution in [0.4, 0.5) is 5.69 Å². The second-order valence-electron chi connectivity index (χ2n) is 7.64. The van der Waals surface area contributed by atoms with Crippen molar-refractivity contribution in [2.24, 2.45) is 13.0 Å². The molecule has 2 aromatic heterocycles. The molecule has 0 radical (unpaired) electrons. The summed E-state index contributed by atoms with van der Waals surface area (Å²) in [6.07, 6.45) is 7.04. The first kappa shape index (κ1) is 17.6. The Hall–Kier alpha value is -2.54. The third kappa shape index (κ3) is 3.03. The van der Waals surface area contributed by atoms with Crippen molar-refractivity contribution in [3.8, 4) is 16.9 Å². The fourth-order valence-electron chi connectivity index (χ4n) is 3.78. The second kappa shape index (κ2) is 6.81. The van der Waals surface area contributed by atoms with E-state index in [2.05, 4.69) is 11.1 Å². The number of rotatable bonds is 5. The van der Waals surface area contributed by atoms with Gasteiger partial charge in [0.05, 0.1) is 12.3 Å². The van der Waals surface area contributed by atoms with Gasteiger partial charge in [-0.2, -0.15) is 0 Å². The first-order valence-electron chi connectivity index (χ1n) is 9.72. The van der Waals surface area contributed by atoms with Gasteiger partial charge in [-0.05, 0) is 49.4 Å². The van der Waals surface area contributed by atoms with E-state index in [9.17, 15) is 9.00 Å². The van der Waals surface area contributed by atoms with Crippen LogP contribution < -0.4 is 14.6 Å². The molecule has 28 heavy (non-hydrogen) atoms. The highest BCUT2D eigenvalue weighted by atomic mass is 32.2. The first-order valence-corrected chi connectivity index (χ1v) is 11.0. The van der Waals surface area contributed by atoms with Gasteiger partial charge in [0.2, 0.25) is 0 Å². The number of nitrogens with one attached hydrogen (secondary N) is 1. The number of aromatic nitrogens is 2. The molecule has 5 rings (SSSR count). The van der Waals surface area contributed by atoms with Gasteiger partial charge >= 0.3 is 0 Å². The molecule has 146 valence electrons. The van der Waals surface area contributed by atoms with Gasteiger partial charge in [0.15, 0.2) is 0 Å². The summed E-state index contributed by atoms with van der Waals surface area (Å²) in [5, 5.41) is 0.874. The number of aryl methyl sites for hydroxylation is 1. The largest absolute Gasteiger partial charge is 0.493 e. The molecule has 1 atom stereocenters. The third-order valence-corrected chi connectivity index (χ3v) is 7.06. The van der Waals surface area contributed by atoms with Crippen molar-refractivity contribution in [1.29, 1.82) is 0 Å². The van der Waals surface area contributed by atoms with E-state index in [1.165, 1.54) is 12.8 Å². The maximum atomic E-state index is 12.5. The minimum atomic E-state index is -0.980. The van der Waals surface area contributed by atoms with Crippen LogP contribution in [0.25, 0.3) is 22.0 Å². The van der Waals surface area contributed by atoms with E-state index in [-0.39, 0.29) is 5.56 Å². The molecule has 2 aliphatic rings. The average molecular weight is 398 g/mol. The number of hydrogen-bond donors (Lipinski definition) is 1. The maximum Gasteiger partial charge on any atom is 0.274 e. The van der Waals surface area contributed by atoms with Crippen LogP contribution in [0.1, 0.15) is 19.3 Å². The van der Waals surface area contributed by atoms with Gasteiger partial charge in [-0.3, -0.25) is 9.10 Å². The van der Waals surface area contributed by atoms with Crippen LogP contribution in [0.3, 0.4) is 0 Å². The fourth-order valence-corrected chi connectivity index (χ4v) is 5.05. The molecular weight excluding hydrogens is 374 g/mol. The Balaban J connectivity index is 1.67. The molecule has 0 amide bonds. The Kier molecular flexibility index (Phi) is 4.27. The number of aromatic amines is 1. The van der Waals surface area contributed by atoms with Gasteiger partial charge in [0, 0.05) is 48.3 Å². The third-order valence-electron chi connectivity index (χ3n) is 5.53. The van der Waals surface area contributed by atoms with Gasteiger partial charge < -0.3 is 14.3 Å². The molecule has 1 saturated heterocycles. The van der Waals surface area contributed by atoms with Gasteiger partial charge in [0.25, 0.3) is 5.56 Å². The molecule has 1 aliphatic heterocycles. The second-order valence-corrected chi connectivity index (χ2v) is 9.13. The Morgan fingerprint density at radius 2 is 2.11 bits per heavy atom. The summed E-state index contributed by atoms with van der Waals surface area (Å²) in [5.41, 5.74) is 3.34. The van der Waals surface area contributed by atoms with Crippen molar-refractivity contribution < 1.29 is 8.95 Å². The van der Waals surface area contributed by atoms with E-state index >= 15 is 0 Å². The summed E-state index contributed by atoms with van der Waals surface area (Å²) in [4.78, 5) is 15.5. The van der Waals surface area contributed by atoms with Crippen molar-refractivity contribution in [3.05, 3.63) is 47.0 Å². The monoisotopic (exact) mass is 397 g/mol. The topological polar surface area (TPSA) is 67.3 Å². The number of hydrogen-bond acceptors (Lipinski definition) is 3. The van der Waals surface area contributed by atoms with Crippen LogP contribution in [0.15, 0.2) is 41.5 Å². The summed E-state index contributed by atoms with van der Waals surface area (Å²) in [6.45, 7) is 1.51. The SMILES string of the molecule is Cn1cc(-c2cc(N3CCCS3=O)ccc2OCC2CC2)c2cc[nH]c2c1=O.